The highest BCUT2D eigenvalue weighted by Crippen LogP contribution is 2.25. The van der Waals surface area contributed by atoms with Gasteiger partial charge in [0.25, 0.3) is 0 Å². The topological polar surface area (TPSA) is 77.6 Å². The molecular formula is C10H6BrN5S. The summed E-state index contributed by atoms with van der Waals surface area (Å²) in [6.07, 6.45) is 1.74. The van der Waals surface area contributed by atoms with E-state index in [0.717, 1.165) is 21.2 Å². The zero-order chi connectivity index (χ0) is 11.8. The van der Waals surface area contributed by atoms with Crippen LogP contribution in [0, 0.1) is 0 Å². The normalized spacial score (nSPS) is 10.9. The van der Waals surface area contributed by atoms with Gasteiger partial charge in [0, 0.05) is 10.7 Å². The van der Waals surface area contributed by atoms with Crippen molar-refractivity contribution in [1.29, 1.82) is 0 Å². The first-order valence-electron chi connectivity index (χ1n) is 4.74. The second-order valence-corrected chi connectivity index (χ2v) is 5.26. The fraction of sp³-hybridized carbons (Fsp3) is 0. The zero-order valence-electron chi connectivity index (χ0n) is 8.46. The van der Waals surface area contributed by atoms with Gasteiger partial charge in [-0.2, -0.15) is 0 Å². The van der Waals surface area contributed by atoms with Gasteiger partial charge >= 0.3 is 0 Å². The van der Waals surface area contributed by atoms with E-state index in [1.54, 1.807) is 6.20 Å². The van der Waals surface area contributed by atoms with E-state index in [1.165, 1.54) is 11.3 Å². The Morgan fingerprint density at radius 2 is 2.06 bits per heavy atom. The molecule has 0 spiro atoms. The van der Waals surface area contributed by atoms with Gasteiger partial charge < -0.3 is 5.73 Å². The number of fused-ring (bicyclic) bond motifs is 1. The Morgan fingerprint density at radius 1 is 1.18 bits per heavy atom. The van der Waals surface area contributed by atoms with E-state index in [9.17, 15) is 0 Å². The summed E-state index contributed by atoms with van der Waals surface area (Å²) in [5.74, 6) is 0. The van der Waals surface area contributed by atoms with Gasteiger partial charge in [0.2, 0.25) is 5.13 Å². The van der Waals surface area contributed by atoms with E-state index in [0.29, 0.717) is 10.1 Å². The molecule has 0 saturated carbocycles. The molecule has 2 N–H and O–H groups in total. The number of halogens is 1. The monoisotopic (exact) mass is 307 g/mol. The van der Waals surface area contributed by atoms with Crippen LogP contribution in [0.3, 0.4) is 0 Å². The number of anilines is 1. The number of nitrogens with zero attached hydrogens (tertiary/aromatic N) is 4. The summed E-state index contributed by atoms with van der Waals surface area (Å²) in [7, 11) is 0. The Morgan fingerprint density at radius 3 is 2.82 bits per heavy atom. The third kappa shape index (κ3) is 1.98. The molecule has 0 aliphatic carbocycles. The van der Waals surface area contributed by atoms with Gasteiger partial charge in [-0.1, -0.05) is 11.3 Å². The van der Waals surface area contributed by atoms with E-state index in [4.69, 9.17) is 5.73 Å². The number of pyridine rings is 2. The van der Waals surface area contributed by atoms with Crippen LogP contribution in [0.5, 0.6) is 0 Å². The molecule has 0 fully saturated rings. The molecule has 0 aliphatic heterocycles. The summed E-state index contributed by atoms with van der Waals surface area (Å²) < 4.78 is 0.895. The molecule has 3 heterocycles. The number of rotatable bonds is 1. The molecule has 17 heavy (non-hydrogen) atoms. The largest absolute Gasteiger partial charge is 0.374 e. The first kappa shape index (κ1) is 10.5. The van der Waals surface area contributed by atoms with Crippen LogP contribution < -0.4 is 5.73 Å². The Kier molecular flexibility index (Phi) is 2.49. The quantitative estimate of drug-likeness (QED) is 0.747. The van der Waals surface area contributed by atoms with E-state index < -0.39 is 0 Å². The second kappa shape index (κ2) is 4.01. The number of nitrogens with two attached hydrogens (primary N) is 1. The van der Waals surface area contributed by atoms with Crippen LogP contribution in [0.1, 0.15) is 0 Å². The van der Waals surface area contributed by atoms with Crippen molar-refractivity contribution in [3.63, 3.8) is 0 Å². The number of nitrogen functional groups attached to an aromatic ring is 1. The van der Waals surface area contributed by atoms with Crippen molar-refractivity contribution in [1.82, 2.24) is 20.2 Å². The van der Waals surface area contributed by atoms with E-state index in [1.807, 2.05) is 18.2 Å². The first-order valence-corrected chi connectivity index (χ1v) is 6.35. The lowest BCUT2D eigenvalue weighted by atomic mass is 10.3. The minimum absolute atomic E-state index is 0.439. The van der Waals surface area contributed by atoms with Crippen LogP contribution in [0.2, 0.25) is 0 Å². The molecule has 0 radical (unpaired) electrons. The summed E-state index contributed by atoms with van der Waals surface area (Å²) in [6, 6.07) is 5.68. The average molecular weight is 308 g/mol. The lowest BCUT2D eigenvalue weighted by Crippen LogP contribution is -1.87. The molecule has 0 saturated heterocycles. The molecule has 3 aromatic heterocycles. The third-order valence-corrected chi connectivity index (χ3v) is 3.37. The minimum atomic E-state index is 0.439. The smallest absolute Gasteiger partial charge is 0.203 e. The van der Waals surface area contributed by atoms with Crippen LogP contribution in [-0.4, -0.2) is 20.2 Å². The summed E-state index contributed by atoms with van der Waals surface area (Å²) in [5, 5.41) is 8.89. The third-order valence-electron chi connectivity index (χ3n) is 2.16. The van der Waals surface area contributed by atoms with Gasteiger partial charge in [-0.25, -0.2) is 4.98 Å². The lowest BCUT2D eigenvalue weighted by molar-refractivity contribution is 1.10. The van der Waals surface area contributed by atoms with Crippen LogP contribution in [0.4, 0.5) is 5.13 Å². The van der Waals surface area contributed by atoms with Crippen molar-refractivity contribution >= 4 is 43.4 Å². The molecule has 3 aromatic rings. The Balaban J connectivity index is 2.18. The van der Waals surface area contributed by atoms with Gasteiger partial charge in [0.15, 0.2) is 5.01 Å². The summed E-state index contributed by atoms with van der Waals surface area (Å²) in [5.41, 5.74) is 7.96. The Hall–Kier alpha value is -1.60. The predicted molar refractivity (Wildman–Crippen MR) is 70.6 cm³/mol. The molecule has 0 aromatic carbocycles. The number of aromatic nitrogens is 4. The van der Waals surface area contributed by atoms with Crippen molar-refractivity contribution in [2.75, 3.05) is 5.73 Å². The maximum Gasteiger partial charge on any atom is 0.203 e. The molecule has 0 atom stereocenters. The maximum atomic E-state index is 5.55. The maximum absolute atomic E-state index is 5.55. The van der Waals surface area contributed by atoms with Crippen LogP contribution in [0.25, 0.3) is 21.7 Å². The second-order valence-electron chi connectivity index (χ2n) is 3.33. The lowest BCUT2D eigenvalue weighted by Gasteiger charge is -1.99. The first-order chi connectivity index (χ1) is 8.22. The van der Waals surface area contributed by atoms with Crippen molar-refractivity contribution < 1.29 is 0 Å². The Bertz CT molecular complexity index is 696. The highest BCUT2D eigenvalue weighted by molar-refractivity contribution is 9.10. The van der Waals surface area contributed by atoms with Crippen molar-refractivity contribution in [3.8, 4) is 10.7 Å². The van der Waals surface area contributed by atoms with Crippen LogP contribution >= 0.6 is 27.3 Å². The van der Waals surface area contributed by atoms with E-state index >= 15 is 0 Å². The molecule has 7 heteroatoms. The molecule has 0 aliphatic rings. The summed E-state index contributed by atoms with van der Waals surface area (Å²) in [4.78, 5) is 8.73. The number of hydrogen-bond acceptors (Lipinski definition) is 6. The van der Waals surface area contributed by atoms with E-state index in [2.05, 4.69) is 36.1 Å². The van der Waals surface area contributed by atoms with E-state index in [-0.39, 0.29) is 0 Å². The van der Waals surface area contributed by atoms with Gasteiger partial charge in [0.05, 0.1) is 11.0 Å². The Labute approximate surface area is 109 Å². The van der Waals surface area contributed by atoms with Crippen molar-refractivity contribution in [2.45, 2.75) is 0 Å². The molecular weight excluding hydrogens is 302 g/mol. The zero-order valence-corrected chi connectivity index (χ0v) is 10.9. The fourth-order valence-corrected chi connectivity index (χ4v) is 2.34. The molecule has 3 rings (SSSR count). The highest BCUT2D eigenvalue weighted by atomic mass is 79.9. The standard InChI is InChI=1S/C10H6BrN5S/c11-5-3-8-6(13-4-5)1-2-7(14-8)9-15-16-10(12)17-9/h1-4H,(H2,12,16). The van der Waals surface area contributed by atoms with Crippen molar-refractivity contribution in [3.05, 3.63) is 28.9 Å². The minimum Gasteiger partial charge on any atom is -0.374 e. The highest BCUT2D eigenvalue weighted by Gasteiger charge is 2.07. The van der Waals surface area contributed by atoms with Gasteiger partial charge in [-0.15, -0.1) is 10.2 Å². The van der Waals surface area contributed by atoms with Crippen LogP contribution in [-0.2, 0) is 0 Å². The summed E-state index contributed by atoms with van der Waals surface area (Å²) >= 11 is 4.68. The van der Waals surface area contributed by atoms with Crippen LogP contribution in [0.15, 0.2) is 28.9 Å². The average Bonchev–Trinajstić information content (AvgIpc) is 2.75. The predicted octanol–water partition coefficient (Wildman–Crippen LogP) is 2.49. The molecule has 0 amide bonds. The van der Waals surface area contributed by atoms with Gasteiger partial charge in [0.1, 0.15) is 5.69 Å². The fourth-order valence-electron chi connectivity index (χ4n) is 1.44. The number of hydrogen-bond donors (Lipinski definition) is 1. The molecule has 84 valence electrons. The van der Waals surface area contributed by atoms with Crippen molar-refractivity contribution in [2.24, 2.45) is 0 Å². The van der Waals surface area contributed by atoms with Gasteiger partial charge in [-0.05, 0) is 34.1 Å². The SMILES string of the molecule is Nc1nnc(-c2ccc3ncc(Br)cc3n2)s1. The summed E-state index contributed by atoms with van der Waals surface area (Å²) in [6.45, 7) is 0. The van der Waals surface area contributed by atoms with Gasteiger partial charge in [-0.3, -0.25) is 4.98 Å². The molecule has 5 nitrogen and oxygen atoms in total. The molecule has 0 bridgehead atoms. The molecule has 0 unspecified atom stereocenters.